The van der Waals surface area contributed by atoms with Crippen LogP contribution in [-0.4, -0.2) is 26.4 Å². The summed E-state index contributed by atoms with van der Waals surface area (Å²) in [6, 6.07) is 10.0. The number of benzene rings is 1. The summed E-state index contributed by atoms with van der Waals surface area (Å²) in [6.45, 7) is 0.805. The molecule has 0 fully saturated rings. The number of fused-ring (bicyclic) bond motifs is 1. The first-order valence-electron chi connectivity index (χ1n) is 6.55. The highest BCUT2D eigenvalue weighted by molar-refractivity contribution is 7.99. The van der Waals surface area contributed by atoms with Crippen molar-refractivity contribution in [3.05, 3.63) is 46.7 Å². The van der Waals surface area contributed by atoms with E-state index in [0.717, 1.165) is 29.2 Å². The zero-order valence-corrected chi connectivity index (χ0v) is 12.9. The number of carboxylic acid groups (broad SMARTS) is 1. The Labute approximate surface area is 130 Å². The van der Waals surface area contributed by atoms with Gasteiger partial charge in [-0.15, -0.1) is 0 Å². The number of carboxylic acids is 1. The molecule has 0 radical (unpaired) electrons. The fourth-order valence-electron chi connectivity index (χ4n) is 2.18. The van der Waals surface area contributed by atoms with Gasteiger partial charge in [0.1, 0.15) is 0 Å². The molecule has 21 heavy (non-hydrogen) atoms. The SMILES string of the molecule is O=C(O)CSc1nc2ccccc2n1CCc1ccsc1. The standard InChI is InChI=1S/C15H14N2O2S2/c18-14(19)10-21-15-16-12-3-1-2-4-13(12)17(15)7-5-11-6-8-20-9-11/h1-4,6,8-9H,5,7,10H2,(H,18,19). The van der Waals surface area contributed by atoms with Crippen molar-refractivity contribution in [3.63, 3.8) is 0 Å². The lowest BCUT2D eigenvalue weighted by Gasteiger charge is -2.07. The zero-order chi connectivity index (χ0) is 14.7. The minimum Gasteiger partial charge on any atom is -0.481 e. The van der Waals surface area contributed by atoms with Crippen LogP contribution in [0, 0.1) is 0 Å². The van der Waals surface area contributed by atoms with Crippen molar-refractivity contribution in [2.75, 3.05) is 5.75 Å². The highest BCUT2D eigenvalue weighted by Crippen LogP contribution is 2.24. The van der Waals surface area contributed by atoms with E-state index < -0.39 is 5.97 Å². The minimum atomic E-state index is -0.823. The molecule has 2 heterocycles. The van der Waals surface area contributed by atoms with E-state index in [9.17, 15) is 4.79 Å². The van der Waals surface area contributed by atoms with Gasteiger partial charge < -0.3 is 9.67 Å². The quantitative estimate of drug-likeness (QED) is 0.707. The second-order valence-corrected chi connectivity index (χ2v) is 6.32. The number of aryl methyl sites for hydroxylation is 2. The Kier molecular flexibility index (Phi) is 4.26. The molecule has 108 valence electrons. The van der Waals surface area contributed by atoms with E-state index in [-0.39, 0.29) is 5.75 Å². The van der Waals surface area contributed by atoms with Gasteiger partial charge in [0.05, 0.1) is 16.8 Å². The maximum atomic E-state index is 10.8. The first kappa shape index (κ1) is 14.2. The summed E-state index contributed by atoms with van der Waals surface area (Å²) in [7, 11) is 0. The van der Waals surface area contributed by atoms with Gasteiger partial charge in [-0.1, -0.05) is 23.9 Å². The molecule has 0 saturated heterocycles. The number of nitrogens with zero attached hydrogens (tertiary/aromatic N) is 2. The average Bonchev–Trinajstić information content (AvgIpc) is 3.10. The van der Waals surface area contributed by atoms with Crippen molar-refractivity contribution >= 4 is 40.1 Å². The van der Waals surface area contributed by atoms with E-state index in [1.54, 1.807) is 11.3 Å². The molecule has 0 unspecified atom stereocenters. The summed E-state index contributed by atoms with van der Waals surface area (Å²) < 4.78 is 2.11. The van der Waals surface area contributed by atoms with Gasteiger partial charge in [0, 0.05) is 6.54 Å². The van der Waals surface area contributed by atoms with Crippen LogP contribution in [0.15, 0.2) is 46.2 Å². The number of imidazole rings is 1. The number of carbonyl (C=O) groups is 1. The summed E-state index contributed by atoms with van der Waals surface area (Å²) >= 11 is 2.96. The van der Waals surface area contributed by atoms with E-state index in [4.69, 9.17) is 5.11 Å². The molecule has 0 amide bonds. The third kappa shape index (κ3) is 3.28. The van der Waals surface area contributed by atoms with Crippen molar-refractivity contribution in [1.29, 1.82) is 0 Å². The molecule has 6 heteroatoms. The highest BCUT2D eigenvalue weighted by Gasteiger charge is 2.12. The van der Waals surface area contributed by atoms with E-state index in [0.29, 0.717) is 0 Å². The molecule has 2 aromatic heterocycles. The summed E-state index contributed by atoms with van der Waals surface area (Å²) in [5.41, 5.74) is 3.27. The number of aliphatic carboxylic acids is 1. The summed E-state index contributed by atoms with van der Waals surface area (Å²) in [5, 5.41) is 13.8. The number of hydrogen-bond acceptors (Lipinski definition) is 4. The van der Waals surface area contributed by atoms with Crippen LogP contribution in [0.25, 0.3) is 11.0 Å². The molecule has 0 atom stereocenters. The molecule has 3 rings (SSSR count). The van der Waals surface area contributed by atoms with Gasteiger partial charge >= 0.3 is 5.97 Å². The lowest BCUT2D eigenvalue weighted by atomic mass is 10.2. The Morgan fingerprint density at radius 1 is 1.33 bits per heavy atom. The predicted molar refractivity (Wildman–Crippen MR) is 86.1 cm³/mol. The molecule has 3 aromatic rings. The topological polar surface area (TPSA) is 55.1 Å². The normalized spacial score (nSPS) is 11.0. The fraction of sp³-hybridized carbons (Fsp3) is 0.200. The molecular weight excluding hydrogens is 304 g/mol. The second-order valence-electron chi connectivity index (χ2n) is 4.60. The Hall–Kier alpha value is -1.79. The average molecular weight is 318 g/mol. The molecule has 0 aliphatic carbocycles. The first-order valence-corrected chi connectivity index (χ1v) is 8.48. The predicted octanol–water partition coefficient (Wildman–Crippen LogP) is 3.52. The molecule has 4 nitrogen and oxygen atoms in total. The van der Waals surface area contributed by atoms with E-state index in [2.05, 4.69) is 26.4 Å². The fourth-order valence-corrected chi connectivity index (χ4v) is 3.65. The smallest absolute Gasteiger partial charge is 0.313 e. The van der Waals surface area contributed by atoms with Crippen LogP contribution in [0.5, 0.6) is 0 Å². The summed E-state index contributed by atoms with van der Waals surface area (Å²) in [4.78, 5) is 15.3. The second kappa shape index (κ2) is 6.32. The van der Waals surface area contributed by atoms with Gasteiger partial charge in [0.25, 0.3) is 0 Å². The molecule has 1 aromatic carbocycles. The number of hydrogen-bond donors (Lipinski definition) is 1. The number of para-hydroxylation sites is 2. The molecule has 0 saturated carbocycles. The van der Waals surface area contributed by atoms with Crippen LogP contribution >= 0.6 is 23.1 Å². The van der Waals surface area contributed by atoms with Crippen molar-refractivity contribution in [2.45, 2.75) is 18.1 Å². The van der Waals surface area contributed by atoms with E-state index in [1.165, 1.54) is 17.3 Å². The molecular formula is C15H14N2O2S2. The van der Waals surface area contributed by atoms with Gasteiger partial charge in [-0.05, 0) is 40.9 Å². The zero-order valence-electron chi connectivity index (χ0n) is 11.2. The Bertz CT molecular complexity index is 750. The Morgan fingerprint density at radius 3 is 2.95 bits per heavy atom. The maximum Gasteiger partial charge on any atom is 0.313 e. The Morgan fingerprint density at radius 2 is 2.19 bits per heavy atom. The molecule has 0 bridgehead atoms. The van der Waals surface area contributed by atoms with Crippen LogP contribution in [0.3, 0.4) is 0 Å². The molecule has 1 N–H and O–H groups in total. The van der Waals surface area contributed by atoms with Crippen LogP contribution < -0.4 is 0 Å². The van der Waals surface area contributed by atoms with Crippen LogP contribution in [0.2, 0.25) is 0 Å². The monoisotopic (exact) mass is 318 g/mol. The van der Waals surface area contributed by atoms with Gasteiger partial charge in [-0.3, -0.25) is 4.79 Å². The highest BCUT2D eigenvalue weighted by atomic mass is 32.2. The van der Waals surface area contributed by atoms with Crippen molar-refractivity contribution < 1.29 is 9.90 Å². The molecule has 0 aliphatic heterocycles. The third-order valence-electron chi connectivity index (χ3n) is 3.15. The van der Waals surface area contributed by atoms with Gasteiger partial charge in [0.2, 0.25) is 0 Å². The summed E-state index contributed by atoms with van der Waals surface area (Å²) in [6.07, 6.45) is 0.921. The lowest BCUT2D eigenvalue weighted by Crippen LogP contribution is -2.05. The van der Waals surface area contributed by atoms with Gasteiger partial charge in [-0.25, -0.2) is 4.98 Å². The van der Waals surface area contributed by atoms with E-state index in [1.807, 2.05) is 24.3 Å². The van der Waals surface area contributed by atoms with Crippen LogP contribution in [0.1, 0.15) is 5.56 Å². The van der Waals surface area contributed by atoms with Crippen LogP contribution in [-0.2, 0) is 17.8 Å². The maximum absolute atomic E-state index is 10.8. The first-order chi connectivity index (χ1) is 10.2. The number of thiophene rings is 1. The number of rotatable bonds is 6. The molecule has 0 spiro atoms. The van der Waals surface area contributed by atoms with Crippen molar-refractivity contribution in [2.24, 2.45) is 0 Å². The number of thioether (sulfide) groups is 1. The largest absolute Gasteiger partial charge is 0.481 e. The van der Waals surface area contributed by atoms with Gasteiger partial charge in [-0.2, -0.15) is 11.3 Å². The minimum absolute atomic E-state index is 0.0295. The van der Waals surface area contributed by atoms with Crippen LogP contribution in [0.4, 0.5) is 0 Å². The van der Waals surface area contributed by atoms with E-state index >= 15 is 0 Å². The molecule has 0 aliphatic rings. The van der Waals surface area contributed by atoms with Gasteiger partial charge in [0.15, 0.2) is 5.16 Å². The van der Waals surface area contributed by atoms with Crippen molar-refractivity contribution in [3.8, 4) is 0 Å². The third-order valence-corrected chi connectivity index (χ3v) is 4.84. The van der Waals surface area contributed by atoms with Crippen molar-refractivity contribution in [1.82, 2.24) is 9.55 Å². The summed E-state index contributed by atoms with van der Waals surface area (Å²) in [5.74, 6) is -0.793. The number of aromatic nitrogens is 2. The Balaban J connectivity index is 1.89. The lowest BCUT2D eigenvalue weighted by molar-refractivity contribution is -0.133.